The highest BCUT2D eigenvalue weighted by Crippen LogP contribution is 2.73. The second-order valence-corrected chi connectivity index (χ2v) is 32.4. The van der Waals surface area contributed by atoms with Crippen LogP contribution >= 0.6 is 0 Å². The number of ketones is 1. The fourth-order valence-electron chi connectivity index (χ4n) is 17.6. The molecule has 1 saturated carbocycles. The Morgan fingerprint density at radius 2 is 1.48 bits per heavy atom. The summed E-state index contributed by atoms with van der Waals surface area (Å²) in [6.07, 6.45) is 4.54. The van der Waals surface area contributed by atoms with Gasteiger partial charge in [0.2, 0.25) is 0 Å². The molecule has 1 aromatic carbocycles. The van der Waals surface area contributed by atoms with E-state index >= 15 is 0 Å². The number of hydroxylamine groups is 2. The number of nitrogens with one attached hydrogen (secondary N) is 1. The lowest BCUT2D eigenvalue weighted by atomic mass is 9.51. The first-order valence-corrected chi connectivity index (χ1v) is 40.4. The number of nitriles is 1. The van der Waals surface area contributed by atoms with Gasteiger partial charge < -0.3 is 91.1 Å². The first-order valence-electron chi connectivity index (χ1n) is 39.0. The second-order valence-electron chi connectivity index (χ2n) is 30.6. The molecule has 2 N–H and O–H groups in total. The highest BCUT2D eigenvalue weighted by molar-refractivity contribution is 7.92. The van der Waals surface area contributed by atoms with Crippen LogP contribution in [0.2, 0.25) is 0 Å². The molecule has 15 rings (SSSR count). The number of rotatable bonds is 34. The standard InChI is InChI=1S/C77H102N8O25S/c1-46-33-55-10-12-59-47(2)34-57(102-59)17-19-76-39-64-69-73-70(77(69,107-64)110-76)74(108-76)72-60(106-73)13-11-56(104-72)35-53(86)36-58-62(38-61(103-55)48(46)3)105-63(71(58)94-4)37-54(87)42-80-75(91)101-44-49-5-8-52(9-6-49)84(111(92,93)65-14-7-50(40-78)41-79-65)21-24-97-27-30-98-29-26-96-23-20-83-43-51(81-82-83)45-100-32-31-99-28-25-95-22-18-68(90)109-85-66(88)15-16-67(85)89/h5-9,14,41,43,46,54-64,69-74,87H,2-3,10-13,15-39,42,44-45H2,1,4H3,(H,80,91)/t46-,54+,55+,56-,57+,58+,59+,60+,61-,62+,63-,64-,69+,70-,71-,72+,73+,74-,76-,77?/m1/s1. The van der Waals surface area contributed by atoms with Crippen molar-refractivity contribution >= 4 is 45.4 Å². The van der Waals surface area contributed by atoms with E-state index in [1.807, 2.05) is 6.07 Å². The molecule has 12 aliphatic rings. The predicted molar refractivity (Wildman–Crippen MR) is 383 cm³/mol. The highest BCUT2D eigenvalue weighted by atomic mass is 32.2. The fourth-order valence-corrected chi connectivity index (χ4v) is 19.0. The minimum atomic E-state index is -4.28. The Morgan fingerprint density at radius 3 is 2.23 bits per heavy atom. The van der Waals surface area contributed by atoms with Gasteiger partial charge in [0.15, 0.2) is 16.6 Å². The molecular formula is C77H102N8O25S. The summed E-state index contributed by atoms with van der Waals surface area (Å²) < 4.78 is 132. The number of benzene rings is 1. The largest absolute Gasteiger partial charge is 0.445 e. The number of aliphatic hydroxyl groups excluding tert-OH is 1. The molecule has 0 radical (unpaired) electrons. The number of Topliss-reactive ketones (excluding diaryl/α,β-unsaturated/α-hetero) is 1. The number of sulfonamides is 1. The Kier molecular flexibility index (Phi) is 26.4. The SMILES string of the molecule is C=C1C[C@@H]2CC[C@]34C[C@H]5OC6(O3)[C@@H]3[C@@H](O[C@H]7CC[C@H](CC(=O)C[C@@H]8[C@@H](OC)[C@@H](C[C@H](O)CNC(=O)OCc9ccc(N(CCOCCOCCOCCn%10cc(COCCOCCOCCC(=O)ON%11C(=O)CCC%11=O)nn%10)S(=O)(=O)c%10ccc(C#N)cn%10)cc9)O[C@H]8C[C@H]8O[C@@H](CC[C@@H]1O2)C[C@@H](C)C8=C)O[C@@H]7[C@@H]3O4)[C@H]56. The lowest BCUT2D eigenvalue weighted by Gasteiger charge is -2.80. The molecule has 1 aliphatic carbocycles. The van der Waals surface area contributed by atoms with Gasteiger partial charge in [-0.15, -0.1) is 10.2 Å². The number of imide groups is 1. The number of anilines is 1. The van der Waals surface area contributed by atoms with Gasteiger partial charge in [0.05, 0.1) is 201 Å². The topological polar surface area (TPSA) is 383 Å². The van der Waals surface area contributed by atoms with Gasteiger partial charge in [-0.25, -0.2) is 19.3 Å². The van der Waals surface area contributed by atoms with Crippen LogP contribution in [-0.2, 0) is 130 Å². The van der Waals surface area contributed by atoms with E-state index in [2.05, 4.69) is 40.7 Å². The summed E-state index contributed by atoms with van der Waals surface area (Å²) in [4.78, 5) is 71.8. The van der Waals surface area contributed by atoms with E-state index in [1.54, 1.807) is 42.3 Å². The van der Waals surface area contributed by atoms with Crippen LogP contribution in [0.15, 0.2) is 78.1 Å². The summed E-state index contributed by atoms with van der Waals surface area (Å²) >= 11 is 0. The summed E-state index contributed by atoms with van der Waals surface area (Å²) in [7, 11) is -2.70. The van der Waals surface area contributed by atoms with Gasteiger partial charge in [0.25, 0.3) is 21.8 Å². The van der Waals surface area contributed by atoms with Crippen molar-refractivity contribution in [1.29, 1.82) is 5.26 Å². The van der Waals surface area contributed by atoms with Crippen LogP contribution in [0.3, 0.4) is 0 Å². The number of nitrogens with zero attached hydrogens (tertiary/aromatic N) is 7. The summed E-state index contributed by atoms with van der Waals surface area (Å²) in [5.74, 6) is -3.63. The molecule has 10 bridgehead atoms. The van der Waals surface area contributed by atoms with Crippen molar-refractivity contribution in [3.63, 3.8) is 0 Å². The molecule has 12 fully saturated rings. The number of methoxy groups -OCH3 is 1. The third kappa shape index (κ3) is 18.8. The number of fused-ring (bicyclic) bond motifs is 6. The molecule has 2 spiro atoms. The van der Waals surface area contributed by atoms with Crippen molar-refractivity contribution in [3.8, 4) is 6.07 Å². The molecule has 11 saturated heterocycles. The minimum Gasteiger partial charge on any atom is -0.445 e. The third-order valence-electron chi connectivity index (χ3n) is 23.1. The molecule has 111 heavy (non-hydrogen) atoms. The van der Waals surface area contributed by atoms with Gasteiger partial charge >= 0.3 is 12.1 Å². The lowest BCUT2D eigenvalue weighted by molar-refractivity contribution is -0.620. The first-order chi connectivity index (χ1) is 53.7. The van der Waals surface area contributed by atoms with Crippen molar-refractivity contribution in [3.05, 3.63) is 89.9 Å². The number of aliphatic hydroxyl groups is 1. The van der Waals surface area contributed by atoms with Crippen LogP contribution in [0.5, 0.6) is 0 Å². The minimum absolute atomic E-state index is 0.00253. The molecule has 13 heterocycles. The Labute approximate surface area is 644 Å². The van der Waals surface area contributed by atoms with Gasteiger partial charge in [-0.2, -0.15) is 13.7 Å². The van der Waals surface area contributed by atoms with Crippen molar-refractivity contribution < 1.29 is 118 Å². The highest BCUT2D eigenvalue weighted by Gasteiger charge is 2.87. The van der Waals surface area contributed by atoms with Crippen molar-refractivity contribution in [1.82, 2.24) is 30.4 Å². The zero-order valence-corrected chi connectivity index (χ0v) is 63.7. The third-order valence-corrected chi connectivity index (χ3v) is 24.9. The van der Waals surface area contributed by atoms with E-state index < -0.39 is 81.9 Å². The predicted octanol–water partition coefficient (Wildman–Crippen LogP) is 4.96. The Balaban J connectivity index is 0.510. The summed E-state index contributed by atoms with van der Waals surface area (Å²) in [5.41, 5.74) is 3.65. The van der Waals surface area contributed by atoms with E-state index in [0.29, 0.717) is 75.0 Å². The molecular weight excluding hydrogens is 1470 g/mol. The molecule has 3 aromatic rings. The zero-order chi connectivity index (χ0) is 77.4. The van der Waals surface area contributed by atoms with Gasteiger partial charge in [-0.05, 0) is 91.8 Å². The van der Waals surface area contributed by atoms with E-state index in [4.69, 9.17) is 80.6 Å². The number of hydrogen-bond acceptors (Lipinski definition) is 29. The Bertz CT molecular complexity index is 3910. The van der Waals surface area contributed by atoms with Crippen LogP contribution in [-0.4, -0.2) is 258 Å². The molecule has 606 valence electrons. The number of hydrogen-bond donors (Lipinski definition) is 2. The molecule has 2 aromatic heterocycles. The Hall–Kier alpha value is -6.86. The monoisotopic (exact) mass is 1570 g/mol. The van der Waals surface area contributed by atoms with E-state index in [0.717, 1.165) is 54.0 Å². The van der Waals surface area contributed by atoms with E-state index in [9.17, 15) is 42.8 Å². The van der Waals surface area contributed by atoms with Crippen LogP contribution in [0, 0.1) is 35.0 Å². The van der Waals surface area contributed by atoms with Crippen LogP contribution in [0.1, 0.15) is 126 Å². The molecule has 3 amide bonds. The number of pyridine rings is 1. The van der Waals surface area contributed by atoms with Gasteiger partial charge in [-0.3, -0.25) is 18.7 Å². The maximum absolute atomic E-state index is 14.6. The number of aromatic nitrogens is 4. The fraction of sp³-hybridized carbons (Fsp3) is 0.701. The smallest absolute Gasteiger partial charge is 0.407 e. The summed E-state index contributed by atoms with van der Waals surface area (Å²) in [6, 6.07) is 10.9. The first kappa shape index (κ1) is 80.7. The van der Waals surface area contributed by atoms with Crippen molar-refractivity contribution in [2.75, 3.05) is 97.2 Å². The van der Waals surface area contributed by atoms with E-state index in [1.165, 1.54) is 18.3 Å². The van der Waals surface area contributed by atoms with Crippen molar-refractivity contribution in [2.24, 2.45) is 23.7 Å². The number of carbonyl (C=O) groups excluding carboxylic acids is 5. The number of alkyl carbamates (subject to hydrolysis) is 1. The van der Waals surface area contributed by atoms with Gasteiger partial charge in [-0.1, -0.05) is 37.4 Å². The zero-order valence-electron chi connectivity index (χ0n) is 62.8. The molecule has 34 heteroatoms. The molecule has 33 nitrogen and oxygen atoms in total. The van der Waals surface area contributed by atoms with E-state index in [-0.39, 0.29) is 206 Å². The number of carbonyl (C=O) groups is 5. The molecule has 1 unspecified atom stereocenters. The lowest BCUT2D eigenvalue weighted by Crippen LogP contribution is -2.93. The number of ether oxygens (including phenoxy) is 16. The summed E-state index contributed by atoms with van der Waals surface area (Å²) in [5, 5.41) is 32.1. The average molecular weight is 1570 g/mol. The second kappa shape index (κ2) is 36.3. The number of amides is 3. The van der Waals surface area contributed by atoms with Gasteiger partial charge in [0, 0.05) is 77.1 Å². The summed E-state index contributed by atoms with van der Waals surface area (Å²) in [6.45, 7) is 13.7. The normalized spacial score (nSPS) is 33.1. The van der Waals surface area contributed by atoms with Crippen LogP contribution in [0.25, 0.3) is 0 Å². The Morgan fingerprint density at radius 1 is 0.757 bits per heavy atom. The molecule has 20 atom stereocenters. The van der Waals surface area contributed by atoms with Crippen molar-refractivity contribution in [2.45, 2.75) is 231 Å². The molecule has 11 aliphatic heterocycles. The maximum Gasteiger partial charge on any atom is 0.407 e. The maximum atomic E-state index is 14.6. The van der Waals surface area contributed by atoms with Crippen LogP contribution < -0.4 is 9.62 Å². The van der Waals surface area contributed by atoms with Crippen LogP contribution in [0.4, 0.5) is 10.5 Å². The quantitative estimate of drug-likeness (QED) is 0.0453. The van der Waals surface area contributed by atoms with Gasteiger partial charge in [0.1, 0.15) is 36.4 Å². The average Bonchev–Trinajstić information content (AvgIpc) is 0.661.